The molecule has 5 nitrogen and oxygen atoms in total. The van der Waals surface area contributed by atoms with E-state index in [2.05, 4.69) is 9.84 Å². The maximum Gasteiger partial charge on any atom is 0.310 e. The lowest BCUT2D eigenvalue weighted by atomic mass is 10.0. The molecule has 0 heterocycles. The van der Waals surface area contributed by atoms with Crippen LogP contribution < -0.4 is 10.9 Å². The molecule has 20 heavy (non-hydrogen) atoms. The largest absolute Gasteiger partial charge is 0.451 e. The summed E-state index contributed by atoms with van der Waals surface area (Å²) in [4.78, 5) is 22.8. The van der Waals surface area contributed by atoms with Crippen LogP contribution >= 0.6 is 32.7 Å². The molecule has 0 saturated heterocycles. The van der Waals surface area contributed by atoms with Crippen molar-refractivity contribution >= 4 is 44.5 Å². The Kier molecular flexibility index (Phi) is 7.16. The van der Waals surface area contributed by atoms with Crippen molar-refractivity contribution in [2.24, 2.45) is 0 Å². The summed E-state index contributed by atoms with van der Waals surface area (Å²) in [5.74, 6) is -1.19. The smallest absolute Gasteiger partial charge is 0.310 e. The monoisotopic (exact) mass is 340 g/mol. The molecule has 0 aliphatic rings. The first-order valence-corrected chi connectivity index (χ1v) is 6.67. The van der Waals surface area contributed by atoms with Gasteiger partial charge >= 0.3 is 5.97 Å². The van der Waals surface area contributed by atoms with E-state index in [1.807, 2.05) is 9.47 Å². The molecule has 0 aliphatic carbocycles. The average Bonchev–Trinajstić information content (AvgIpc) is 2.36. The topological polar surface area (TPSA) is 67.4 Å². The van der Waals surface area contributed by atoms with Crippen LogP contribution in [0.2, 0.25) is 10.0 Å². The molecule has 9 heteroatoms. The number of halogens is 3. The number of benzene rings is 1. The zero-order valence-electron chi connectivity index (χ0n) is 10.2. The van der Waals surface area contributed by atoms with Crippen LogP contribution in [0.4, 0.5) is 4.48 Å². The van der Waals surface area contributed by atoms with E-state index in [-0.39, 0.29) is 6.42 Å². The summed E-state index contributed by atoms with van der Waals surface area (Å²) in [7, 11) is 1.82. The highest BCUT2D eigenvalue weighted by molar-refractivity contribution is 7.10. The van der Waals surface area contributed by atoms with Crippen LogP contribution in [-0.4, -0.2) is 18.4 Å². The molecule has 1 amide bonds. The Morgan fingerprint density at radius 1 is 1.30 bits per heavy atom. The standard InChI is InChI=1S/C11H12Cl2FN2O3P/c12-7-1-6(2-8(13)3-7)9(4-11(18)19-20)16-10(17)5-15-14/h1-3,9,15H,4-5,20H2,(H,16,17). The van der Waals surface area contributed by atoms with Crippen molar-refractivity contribution in [3.05, 3.63) is 33.8 Å². The summed E-state index contributed by atoms with van der Waals surface area (Å²) in [6.07, 6.45) is -0.141. The first-order valence-electron chi connectivity index (χ1n) is 5.44. The van der Waals surface area contributed by atoms with Crippen LogP contribution in [0.3, 0.4) is 0 Å². The fourth-order valence-electron chi connectivity index (χ4n) is 1.55. The van der Waals surface area contributed by atoms with E-state index in [0.29, 0.717) is 15.6 Å². The zero-order chi connectivity index (χ0) is 15.1. The molecule has 2 unspecified atom stereocenters. The van der Waals surface area contributed by atoms with Gasteiger partial charge in [-0.3, -0.25) is 9.59 Å². The van der Waals surface area contributed by atoms with Gasteiger partial charge in [-0.15, -0.1) is 10.0 Å². The van der Waals surface area contributed by atoms with Gasteiger partial charge in [-0.1, -0.05) is 23.2 Å². The summed E-state index contributed by atoms with van der Waals surface area (Å²) in [6.45, 7) is -0.527. The van der Waals surface area contributed by atoms with E-state index in [1.54, 1.807) is 12.1 Å². The van der Waals surface area contributed by atoms with Crippen molar-refractivity contribution in [2.75, 3.05) is 6.54 Å². The molecule has 2 N–H and O–H groups in total. The number of carbonyl (C=O) groups excluding carboxylic acids is 2. The summed E-state index contributed by atoms with van der Waals surface area (Å²) >= 11 is 11.7. The van der Waals surface area contributed by atoms with Gasteiger partial charge in [0, 0.05) is 10.0 Å². The van der Waals surface area contributed by atoms with Gasteiger partial charge in [0.2, 0.25) is 5.91 Å². The molecule has 2 atom stereocenters. The van der Waals surface area contributed by atoms with Crippen LogP contribution in [0.15, 0.2) is 18.2 Å². The predicted molar refractivity (Wildman–Crippen MR) is 76.9 cm³/mol. The second kappa shape index (κ2) is 8.37. The first kappa shape index (κ1) is 17.1. The molecular formula is C11H12Cl2FN2O3P. The molecule has 0 radical (unpaired) electrons. The fraction of sp³-hybridized carbons (Fsp3) is 0.273. The Labute approximate surface area is 127 Å². The summed E-state index contributed by atoms with van der Waals surface area (Å²) in [6, 6.07) is 3.90. The molecule has 0 fully saturated rings. The lowest BCUT2D eigenvalue weighted by Gasteiger charge is -2.18. The van der Waals surface area contributed by atoms with Gasteiger partial charge in [-0.2, -0.15) is 0 Å². The van der Waals surface area contributed by atoms with Crippen LogP contribution in [0.25, 0.3) is 0 Å². The molecule has 110 valence electrons. The third-order valence-electron chi connectivity index (χ3n) is 2.35. The minimum atomic E-state index is -0.722. The lowest BCUT2D eigenvalue weighted by Crippen LogP contribution is -2.35. The highest BCUT2D eigenvalue weighted by atomic mass is 35.5. The number of rotatable bonds is 6. The molecule has 1 rings (SSSR count). The van der Waals surface area contributed by atoms with E-state index >= 15 is 0 Å². The van der Waals surface area contributed by atoms with Crippen molar-refractivity contribution in [3.63, 3.8) is 0 Å². The van der Waals surface area contributed by atoms with Gasteiger partial charge in [0.15, 0.2) is 0 Å². The van der Waals surface area contributed by atoms with Crippen molar-refractivity contribution in [1.29, 1.82) is 0 Å². The van der Waals surface area contributed by atoms with Gasteiger partial charge in [0.05, 0.1) is 21.9 Å². The molecule has 0 saturated carbocycles. The quantitative estimate of drug-likeness (QED) is 0.616. The van der Waals surface area contributed by atoms with E-state index in [1.165, 1.54) is 11.6 Å². The van der Waals surface area contributed by atoms with Gasteiger partial charge < -0.3 is 9.84 Å². The van der Waals surface area contributed by atoms with Crippen molar-refractivity contribution in [3.8, 4) is 0 Å². The molecule has 0 bridgehead atoms. The highest BCUT2D eigenvalue weighted by Gasteiger charge is 2.19. The second-order valence-corrected chi connectivity index (χ2v) is 4.94. The van der Waals surface area contributed by atoms with E-state index < -0.39 is 24.5 Å². The number of hydrogen-bond acceptors (Lipinski definition) is 4. The van der Waals surface area contributed by atoms with Crippen molar-refractivity contribution in [1.82, 2.24) is 10.9 Å². The molecular weight excluding hydrogens is 329 g/mol. The molecule has 1 aromatic carbocycles. The Bertz CT molecular complexity index is 484. The molecule has 0 spiro atoms. The normalized spacial score (nSPS) is 11.8. The Balaban J connectivity index is 2.96. The van der Waals surface area contributed by atoms with Crippen LogP contribution in [0, 0.1) is 0 Å². The number of hydrogen-bond donors (Lipinski definition) is 2. The second-order valence-electron chi connectivity index (χ2n) is 3.83. The van der Waals surface area contributed by atoms with Crippen LogP contribution in [0.5, 0.6) is 0 Å². The molecule has 1 aromatic rings. The van der Waals surface area contributed by atoms with E-state index in [4.69, 9.17) is 23.2 Å². The van der Waals surface area contributed by atoms with Crippen molar-refractivity contribution in [2.45, 2.75) is 12.5 Å². The molecule has 0 aromatic heterocycles. The van der Waals surface area contributed by atoms with Crippen LogP contribution in [0.1, 0.15) is 18.0 Å². The number of carbonyl (C=O) groups is 2. The lowest BCUT2D eigenvalue weighted by molar-refractivity contribution is -0.134. The minimum absolute atomic E-state index is 0.141. The summed E-state index contributed by atoms with van der Waals surface area (Å²) in [5.41, 5.74) is 1.75. The number of amides is 1. The Hall–Kier alpha value is -0.940. The SMILES string of the molecule is O=C(CNF)NC(CC(=O)OP)c1cc(Cl)cc(Cl)c1. The van der Waals surface area contributed by atoms with Gasteiger partial charge in [0.25, 0.3) is 0 Å². The van der Waals surface area contributed by atoms with Gasteiger partial charge in [-0.25, -0.2) is 0 Å². The van der Waals surface area contributed by atoms with E-state index in [0.717, 1.165) is 0 Å². The highest BCUT2D eigenvalue weighted by Crippen LogP contribution is 2.25. The summed E-state index contributed by atoms with van der Waals surface area (Å²) in [5, 5.41) is 3.20. The van der Waals surface area contributed by atoms with Crippen LogP contribution in [-0.2, 0) is 14.1 Å². The Morgan fingerprint density at radius 2 is 1.90 bits per heavy atom. The molecule has 0 aliphatic heterocycles. The minimum Gasteiger partial charge on any atom is -0.451 e. The Morgan fingerprint density at radius 3 is 2.40 bits per heavy atom. The van der Waals surface area contributed by atoms with Gasteiger partial charge in [0.1, 0.15) is 6.54 Å². The predicted octanol–water partition coefficient (Wildman–Crippen LogP) is 2.35. The average molecular weight is 341 g/mol. The summed E-state index contributed by atoms with van der Waals surface area (Å²) < 4.78 is 16.4. The van der Waals surface area contributed by atoms with Gasteiger partial charge in [-0.05, 0) is 23.8 Å². The van der Waals surface area contributed by atoms with Crippen molar-refractivity contribution < 1.29 is 18.6 Å². The third-order valence-corrected chi connectivity index (χ3v) is 3.05. The third kappa shape index (κ3) is 5.59. The maximum absolute atomic E-state index is 11.9. The van der Waals surface area contributed by atoms with E-state index in [9.17, 15) is 14.1 Å². The maximum atomic E-state index is 11.9. The zero-order valence-corrected chi connectivity index (χ0v) is 12.8. The number of nitrogens with one attached hydrogen (secondary N) is 2. The first-order chi connectivity index (χ1) is 9.46. The fourth-order valence-corrected chi connectivity index (χ4v) is 2.19.